The number of aryl methyl sites for hydroxylation is 1. The van der Waals surface area contributed by atoms with Gasteiger partial charge in [0.25, 0.3) is 0 Å². The lowest BCUT2D eigenvalue weighted by Gasteiger charge is -2.27. The molecule has 1 aliphatic rings. The summed E-state index contributed by atoms with van der Waals surface area (Å²) in [5.74, 6) is 1.29. The van der Waals surface area contributed by atoms with Crippen molar-refractivity contribution in [2.75, 3.05) is 13.7 Å². The van der Waals surface area contributed by atoms with E-state index in [-0.39, 0.29) is 12.0 Å². The number of benzene rings is 1. The molecular weight excluding hydrogens is 238 g/mol. The fraction of sp³-hybridized carbons (Fsp3) is 0.625. The Hall–Kier alpha value is -1.06. The van der Waals surface area contributed by atoms with Crippen molar-refractivity contribution in [1.82, 2.24) is 0 Å². The number of aliphatic hydroxyl groups is 1. The van der Waals surface area contributed by atoms with Gasteiger partial charge in [-0.25, -0.2) is 0 Å². The molecule has 2 rings (SSSR count). The van der Waals surface area contributed by atoms with E-state index >= 15 is 0 Å². The average molecular weight is 263 g/mol. The van der Waals surface area contributed by atoms with E-state index in [0.29, 0.717) is 12.5 Å². The van der Waals surface area contributed by atoms with E-state index in [1.54, 1.807) is 7.11 Å². The maximum atomic E-state index is 10.6. The van der Waals surface area contributed by atoms with Crippen LogP contribution in [0.2, 0.25) is 0 Å². The van der Waals surface area contributed by atoms with E-state index in [9.17, 15) is 5.11 Å². The summed E-state index contributed by atoms with van der Waals surface area (Å²) >= 11 is 0. The molecule has 0 spiro atoms. The van der Waals surface area contributed by atoms with Crippen LogP contribution < -0.4 is 10.5 Å². The first-order chi connectivity index (χ1) is 9.17. The highest BCUT2D eigenvalue weighted by Gasteiger charge is 2.30. The Labute approximate surface area is 115 Å². The minimum absolute atomic E-state index is 0.0117. The second-order valence-corrected chi connectivity index (χ2v) is 5.61. The topological polar surface area (TPSA) is 55.5 Å². The molecule has 19 heavy (non-hydrogen) atoms. The Bertz CT molecular complexity index is 413. The van der Waals surface area contributed by atoms with Crippen molar-refractivity contribution in [3.63, 3.8) is 0 Å². The zero-order chi connectivity index (χ0) is 13.8. The molecule has 0 saturated heterocycles. The van der Waals surface area contributed by atoms with Crippen LogP contribution in [0.25, 0.3) is 0 Å². The molecule has 106 valence electrons. The highest BCUT2D eigenvalue weighted by atomic mass is 16.5. The fourth-order valence-corrected chi connectivity index (χ4v) is 3.17. The Balaban J connectivity index is 2.20. The highest BCUT2D eigenvalue weighted by Crippen LogP contribution is 2.35. The first kappa shape index (κ1) is 14.4. The molecule has 1 aromatic rings. The maximum Gasteiger partial charge on any atom is 0.122 e. The van der Waals surface area contributed by atoms with Crippen LogP contribution in [0.4, 0.5) is 0 Å². The van der Waals surface area contributed by atoms with Gasteiger partial charge >= 0.3 is 0 Å². The number of aliphatic hydroxyl groups excluding tert-OH is 1. The number of rotatable bonds is 5. The minimum atomic E-state index is -0.333. The second kappa shape index (κ2) is 6.40. The molecule has 3 heteroatoms. The second-order valence-electron chi connectivity index (χ2n) is 5.61. The number of methoxy groups -OCH3 is 1. The van der Waals surface area contributed by atoms with E-state index in [0.717, 1.165) is 29.7 Å². The third kappa shape index (κ3) is 3.10. The monoisotopic (exact) mass is 263 g/mol. The van der Waals surface area contributed by atoms with Gasteiger partial charge in [-0.05, 0) is 42.9 Å². The van der Waals surface area contributed by atoms with Gasteiger partial charge in [-0.3, -0.25) is 0 Å². The van der Waals surface area contributed by atoms with Gasteiger partial charge in [-0.1, -0.05) is 25.0 Å². The summed E-state index contributed by atoms with van der Waals surface area (Å²) in [5.41, 5.74) is 8.10. The van der Waals surface area contributed by atoms with Gasteiger partial charge in [0.1, 0.15) is 5.75 Å². The van der Waals surface area contributed by atoms with Gasteiger partial charge in [0.15, 0.2) is 0 Å². The first-order valence-corrected chi connectivity index (χ1v) is 7.20. The van der Waals surface area contributed by atoms with Gasteiger partial charge in [0.05, 0.1) is 13.2 Å². The summed E-state index contributed by atoms with van der Waals surface area (Å²) in [4.78, 5) is 0. The normalized spacial score (nSPS) is 19.4. The molecule has 0 aromatic heterocycles. The Morgan fingerprint density at radius 2 is 2.05 bits per heavy atom. The van der Waals surface area contributed by atoms with Crippen LogP contribution in [-0.4, -0.2) is 24.9 Å². The van der Waals surface area contributed by atoms with E-state index in [2.05, 4.69) is 6.07 Å². The number of hydrogen-bond acceptors (Lipinski definition) is 3. The Kier molecular flexibility index (Phi) is 4.83. The molecule has 0 heterocycles. The van der Waals surface area contributed by atoms with Crippen LogP contribution in [0.1, 0.15) is 42.7 Å². The van der Waals surface area contributed by atoms with Crippen LogP contribution in [0, 0.1) is 12.8 Å². The van der Waals surface area contributed by atoms with Crippen LogP contribution in [-0.2, 0) is 0 Å². The van der Waals surface area contributed by atoms with Crippen LogP contribution >= 0.6 is 0 Å². The zero-order valence-corrected chi connectivity index (χ0v) is 11.9. The summed E-state index contributed by atoms with van der Waals surface area (Å²) in [5, 5.41) is 10.6. The van der Waals surface area contributed by atoms with Crippen molar-refractivity contribution in [2.45, 2.75) is 44.6 Å². The standard InChI is InChI=1S/C16H25NO2/c1-11-7-8-13(9-15(11)19-2)14(10-17)16(18)12-5-3-4-6-12/h7-9,12,14,16,18H,3-6,10,17H2,1-2H3. The van der Waals surface area contributed by atoms with Crippen molar-refractivity contribution in [2.24, 2.45) is 11.7 Å². The Morgan fingerprint density at radius 3 is 2.63 bits per heavy atom. The smallest absolute Gasteiger partial charge is 0.122 e. The van der Waals surface area contributed by atoms with Crippen LogP contribution in [0.3, 0.4) is 0 Å². The Morgan fingerprint density at radius 1 is 1.37 bits per heavy atom. The molecule has 1 aromatic carbocycles. The third-order valence-electron chi connectivity index (χ3n) is 4.41. The van der Waals surface area contributed by atoms with E-state index < -0.39 is 0 Å². The summed E-state index contributed by atoms with van der Waals surface area (Å²) in [7, 11) is 1.68. The molecule has 1 aliphatic carbocycles. The zero-order valence-electron chi connectivity index (χ0n) is 11.9. The van der Waals surface area contributed by atoms with Crippen LogP contribution in [0.5, 0.6) is 5.75 Å². The predicted molar refractivity (Wildman–Crippen MR) is 77.5 cm³/mol. The SMILES string of the molecule is COc1cc(C(CN)C(O)C2CCCC2)ccc1C. The lowest BCUT2D eigenvalue weighted by atomic mass is 9.84. The predicted octanol–water partition coefficient (Wildman–Crippen LogP) is 2.60. The summed E-state index contributed by atoms with van der Waals surface area (Å²) in [6.07, 6.45) is 4.38. The van der Waals surface area contributed by atoms with Crippen molar-refractivity contribution < 1.29 is 9.84 Å². The number of nitrogens with two attached hydrogens (primary N) is 1. The maximum absolute atomic E-state index is 10.6. The van der Waals surface area contributed by atoms with Gasteiger partial charge in [-0.2, -0.15) is 0 Å². The van der Waals surface area contributed by atoms with Crippen molar-refractivity contribution in [3.8, 4) is 5.75 Å². The molecule has 2 atom stereocenters. The average Bonchev–Trinajstić information content (AvgIpc) is 2.95. The minimum Gasteiger partial charge on any atom is -0.496 e. The molecule has 0 radical (unpaired) electrons. The largest absolute Gasteiger partial charge is 0.496 e. The number of ether oxygens (including phenoxy) is 1. The molecule has 3 nitrogen and oxygen atoms in total. The molecule has 0 aliphatic heterocycles. The molecule has 1 saturated carbocycles. The summed E-state index contributed by atoms with van der Waals surface area (Å²) in [6, 6.07) is 6.12. The van der Waals surface area contributed by atoms with Gasteiger partial charge in [0.2, 0.25) is 0 Å². The fourth-order valence-electron chi connectivity index (χ4n) is 3.17. The molecule has 3 N–H and O–H groups in total. The highest BCUT2D eigenvalue weighted by molar-refractivity contribution is 5.38. The van der Waals surface area contributed by atoms with Crippen molar-refractivity contribution in [3.05, 3.63) is 29.3 Å². The number of hydrogen-bond donors (Lipinski definition) is 2. The molecule has 1 fully saturated rings. The first-order valence-electron chi connectivity index (χ1n) is 7.20. The third-order valence-corrected chi connectivity index (χ3v) is 4.41. The quantitative estimate of drug-likeness (QED) is 0.858. The van der Waals surface area contributed by atoms with Crippen molar-refractivity contribution >= 4 is 0 Å². The summed E-state index contributed by atoms with van der Waals surface area (Å²) in [6.45, 7) is 2.50. The summed E-state index contributed by atoms with van der Waals surface area (Å²) < 4.78 is 5.36. The molecular formula is C16H25NO2. The van der Waals surface area contributed by atoms with Gasteiger partial charge in [-0.15, -0.1) is 0 Å². The van der Waals surface area contributed by atoms with Crippen molar-refractivity contribution in [1.29, 1.82) is 0 Å². The lowest BCUT2D eigenvalue weighted by Crippen LogP contribution is -2.31. The molecule has 0 bridgehead atoms. The van der Waals surface area contributed by atoms with Gasteiger partial charge in [0, 0.05) is 12.5 Å². The van der Waals surface area contributed by atoms with Crippen LogP contribution in [0.15, 0.2) is 18.2 Å². The van der Waals surface area contributed by atoms with E-state index in [4.69, 9.17) is 10.5 Å². The van der Waals surface area contributed by atoms with Gasteiger partial charge < -0.3 is 15.6 Å². The molecule has 0 amide bonds. The molecule has 2 unspecified atom stereocenters. The van der Waals surface area contributed by atoms with E-state index in [1.165, 1.54) is 12.8 Å². The lowest BCUT2D eigenvalue weighted by molar-refractivity contribution is 0.0850. The van der Waals surface area contributed by atoms with E-state index in [1.807, 2.05) is 19.1 Å².